The number of halogens is 4. The van der Waals surface area contributed by atoms with Crippen molar-refractivity contribution < 1.29 is 18.3 Å². The minimum atomic E-state index is -4.40. The van der Waals surface area contributed by atoms with Crippen molar-refractivity contribution in [2.75, 3.05) is 6.61 Å². The summed E-state index contributed by atoms with van der Waals surface area (Å²) in [6.45, 7) is -1.73. The molecular formula is C2H4BrF3O. The van der Waals surface area contributed by atoms with Crippen molar-refractivity contribution >= 4 is 17.0 Å². The molecule has 0 bridgehead atoms. The van der Waals surface area contributed by atoms with Gasteiger partial charge in [0.2, 0.25) is 0 Å². The van der Waals surface area contributed by atoms with Crippen molar-refractivity contribution in [1.29, 1.82) is 0 Å². The zero-order valence-electron chi connectivity index (χ0n) is 3.20. The minimum Gasteiger partial charge on any atom is -0.387 e. The van der Waals surface area contributed by atoms with Gasteiger partial charge < -0.3 is 5.11 Å². The van der Waals surface area contributed by atoms with Crippen LogP contribution < -0.4 is 0 Å². The first-order valence-electron chi connectivity index (χ1n) is 1.24. The van der Waals surface area contributed by atoms with Gasteiger partial charge >= 0.3 is 6.18 Å². The maximum atomic E-state index is 10.5. The molecule has 7 heavy (non-hydrogen) atoms. The molecule has 0 spiro atoms. The lowest BCUT2D eigenvalue weighted by Gasteiger charge is -1.95. The van der Waals surface area contributed by atoms with E-state index in [2.05, 4.69) is 0 Å². The molecule has 0 aromatic heterocycles. The number of aliphatic hydroxyl groups excluding tert-OH is 1. The Morgan fingerprint density at radius 1 is 1.29 bits per heavy atom. The Balaban J connectivity index is 0. The van der Waals surface area contributed by atoms with E-state index >= 15 is 0 Å². The average Bonchev–Trinajstić information content (AvgIpc) is 1.35. The van der Waals surface area contributed by atoms with Gasteiger partial charge in [-0.25, -0.2) is 0 Å². The second kappa shape index (κ2) is 3.26. The fraction of sp³-hybridized carbons (Fsp3) is 1.00. The third kappa shape index (κ3) is 10.7. The van der Waals surface area contributed by atoms with Crippen LogP contribution >= 0.6 is 17.0 Å². The van der Waals surface area contributed by atoms with Crippen LogP contribution in [0.5, 0.6) is 0 Å². The normalized spacial score (nSPS) is 10.3. The highest BCUT2D eigenvalue weighted by atomic mass is 79.9. The summed E-state index contributed by atoms with van der Waals surface area (Å²) < 4.78 is 31.6. The molecule has 0 aliphatic rings. The molecule has 0 radical (unpaired) electrons. The van der Waals surface area contributed by atoms with Crippen molar-refractivity contribution in [1.82, 2.24) is 0 Å². The van der Waals surface area contributed by atoms with Gasteiger partial charge in [0.1, 0.15) is 6.61 Å². The van der Waals surface area contributed by atoms with E-state index in [-0.39, 0.29) is 17.0 Å². The summed E-state index contributed by atoms with van der Waals surface area (Å²) in [7, 11) is 0. The van der Waals surface area contributed by atoms with E-state index in [4.69, 9.17) is 5.11 Å². The van der Waals surface area contributed by atoms with Crippen LogP contribution in [-0.4, -0.2) is 17.9 Å². The van der Waals surface area contributed by atoms with Crippen LogP contribution in [0.3, 0.4) is 0 Å². The van der Waals surface area contributed by atoms with Crippen molar-refractivity contribution in [2.45, 2.75) is 6.18 Å². The van der Waals surface area contributed by atoms with Gasteiger partial charge in [0, 0.05) is 0 Å². The summed E-state index contributed by atoms with van der Waals surface area (Å²) in [5.41, 5.74) is 0. The van der Waals surface area contributed by atoms with Crippen LogP contribution in [-0.2, 0) is 0 Å². The average molecular weight is 181 g/mol. The van der Waals surface area contributed by atoms with Gasteiger partial charge in [-0.05, 0) is 0 Å². The molecule has 0 amide bonds. The maximum absolute atomic E-state index is 10.5. The Kier molecular flexibility index (Phi) is 4.78. The van der Waals surface area contributed by atoms with Crippen molar-refractivity contribution in [3.05, 3.63) is 0 Å². The first-order valence-corrected chi connectivity index (χ1v) is 1.24. The van der Waals surface area contributed by atoms with Crippen molar-refractivity contribution in [2.24, 2.45) is 0 Å². The molecular weight excluding hydrogens is 177 g/mol. The number of aliphatic hydroxyl groups is 1. The lowest BCUT2D eigenvalue weighted by Crippen LogP contribution is -2.12. The molecule has 0 rings (SSSR count). The predicted molar refractivity (Wildman–Crippen MR) is 23.5 cm³/mol. The molecule has 0 saturated heterocycles. The highest BCUT2D eigenvalue weighted by molar-refractivity contribution is 8.93. The maximum Gasteiger partial charge on any atom is 0.411 e. The third-order valence-electron chi connectivity index (χ3n) is 0.179. The summed E-state index contributed by atoms with van der Waals surface area (Å²) >= 11 is 0. The topological polar surface area (TPSA) is 20.2 Å². The van der Waals surface area contributed by atoms with E-state index in [1.165, 1.54) is 0 Å². The second-order valence-electron chi connectivity index (χ2n) is 0.773. The summed E-state index contributed by atoms with van der Waals surface area (Å²) in [6.07, 6.45) is -4.40. The molecule has 0 saturated carbocycles. The summed E-state index contributed by atoms with van der Waals surface area (Å²) in [4.78, 5) is 0. The van der Waals surface area contributed by atoms with E-state index in [1.54, 1.807) is 0 Å². The quantitative estimate of drug-likeness (QED) is 0.593. The van der Waals surface area contributed by atoms with E-state index in [0.29, 0.717) is 0 Å². The Bertz CT molecular complexity index is 42.7. The van der Waals surface area contributed by atoms with Crippen LogP contribution in [0.15, 0.2) is 0 Å². The van der Waals surface area contributed by atoms with Crippen LogP contribution in [0.4, 0.5) is 13.2 Å². The SMILES string of the molecule is Br.OCC(F)(F)F. The van der Waals surface area contributed by atoms with Crippen molar-refractivity contribution in [3.63, 3.8) is 0 Å². The predicted octanol–water partition coefficient (Wildman–Crippen LogP) is 1.12. The van der Waals surface area contributed by atoms with Gasteiger partial charge in [0.25, 0.3) is 0 Å². The molecule has 1 N–H and O–H groups in total. The molecule has 0 atom stereocenters. The molecule has 0 unspecified atom stereocenters. The Labute approximate surface area is 48.9 Å². The Morgan fingerprint density at radius 3 is 1.43 bits per heavy atom. The van der Waals surface area contributed by atoms with Gasteiger partial charge in [0.05, 0.1) is 0 Å². The van der Waals surface area contributed by atoms with Gasteiger partial charge in [-0.2, -0.15) is 13.2 Å². The van der Waals surface area contributed by atoms with E-state index in [1.807, 2.05) is 0 Å². The van der Waals surface area contributed by atoms with Gasteiger partial charge in [-0.15, -0.1) is 17.0 Å². The first kappa shape index (κ1) is 10.3. The molecule has 0 aromatic rings. The fourth-order valence-electron chi connectivity index (χ4n) is 0. The minimum absolute atomic E-state index is 0. The molecule has 0 aliphatic carbocycles. The highest BCUT2D eigenvalue weighted by Gasteiger charge is 2.24. The molecule has 0 aromatic carbocycles. The third-order valence-corrected chi connectivity index (χ3v) is 0.179. The van der Waals surface area contributed by atoms with Gasteiger partial charge in [-0.1, -0.05) is 0 Å². The zero-order chi connectivity index (χ0) is 5.21. The zero-order valence-corrected chi connectivity index (χ0v) is 4.91. The molecule has 0 heterocycles. The van der Waals surface area contributed by atoms with Crippen molar-refractivity contribution in [3.8, 4) is 0 Å². The molecule has 1 nitrogen and oxygen atoms in total. The summed E-state index contributed by atoms with van der Waals surface area (Å²) in [6, 6.07) is 0. The number of hydrogen-bond acceptors (Lipinski definition) is 1. The summed E-state index contributed by atoms with van der Waals surface area (Å²) in [5, 5.41) is 7.28. The number of rotatable bonds is 0. The molecule has 46 valence electrons. The van der Waals surface area contributed by atoms with E-state index in [9.17, 15) is 13.2 Å². The monoisotopic (exact) mass is 180 g/mol. The van der Waals surface area contributed by atoms with Crippen LogP contribution in [0.1, 0.15) is 0 Å². The second-order valence-corrected chi connectivity index (χ2v) is 0.773. The van der Waals surface area contributed by atoms with Gasteiger partial charge in [-0.3, -0.25) is 0 Å². The van der Waals surface area contributed by atoms with E-state index in [0.717, 1.165) is 0 Å². The standard InChI is InChI=1S/C2H3F3O.BrH/c3-2(4,5)1-6;/h6H,1H2;1H. The first-order chi connectivity index (χ1) is 2.56. The van der Waals surface area contributed by atoms with E-state index < -0.39 is 12.8 Å². The largest absolute Gasteiger partial charge is 0.411 e. The number of hydrogen-bond donors (Lipinski definition) is 1. The lowest BCUT2D eigenvalue weighted by atomic mass is 10.7. The van der Waals surface area contributed by atoms with Crippen LogP contribution in [0.2, 0.25) is 0 Å². The molecule has 0 fully saturated rings. The Morgan fingerprint density at radius 2 is 1.43 bits per heavy atom. The van der Waals surface area contributed by atoms with Gasteiger partial charge in [0.15, 0.2) is 0 Å². The molecule has 5 heteroatoms. The summed E-state index contributed by atoms with van der Waals surface area (Å²) in [5.74, 6) is 0. The number of alkyl halides is 3. The fourth-order valence-corrected chi connectivity index (χ4v) is 0. The lowest BCUT2D eigenvalue weighted by molar-refractivity contribution is -0.159. The molecule has 0 aliphatic heterocycles. The Hall–Kier alpha value is 0.230. The highest BCUT2D eigenvalue weighted by Crippen LogP contribution is 2.11. The van der Waals surface area contributed by atoms with Crippen LogP contribution in [0.25, 0.3) is 0 Å². The smallest absolute Gasteiger partial charge is 0.387 e. The van der Waals surface area contributed by atoms with Crippen LogP contribution in [0, 0.1) is 0 Å².